The van der Waals surface area contributed by atoms with Crippen LogP contribution in [-0.4, -0.2) is 17.0 Å². The van der Waals surface area contributed by atoms with Crippen molar-refractivity contribution in [3.63, 3.8) is 0 Å². The Morgan fingerprint density at radius 2 is 1.42 bits per heavy atom. The SMILES string of the molecule is CCCc1ccc(Nc2ncc(C(F)(F)F)c(N(C)c3ccc(CCC)cc3)n2)cc1. The van der Waals surface area contributed by atoms with Crippen molar-refractivity contribution in [2.45, 2.75) is 45.7 Å². The van der Waals surface area contributed by atoms with Crippen LogP contribution in [0.15, 0.2) is 54.7 Å². The van der Waals surface area contributed by atoms with Gasteiger partial charge in [-0.15, -0.1) is 0 Å². The van der Waals surface area contributed by atoms with Gasteiger partial charge < -0.3 is 10.2 Å². The Labute approximate surface area is 181 Å². The molecule has 7 heteroatoms. The first-order valence-corrected chi connectivity index (χ1v) is 10.4. The molecule has 0 saturated heterocycles. The quantitative estimate of drug-likeness (QED) is 0.423. The van der Waals surface area contributed by atoms with Crippen LogP contribution in [0.1, 0.15) is 43.4 Å². The van der Waals surface area contributed by atoms with Crippen LogP contribution in [0.4, 0.5) is 36.3 Å². The molecule has 0 unspecified atom stereocenters. The average molecular weight is 429 g/mol. The highest BCUT2D eigenvalue weighted by Crippen LogP contribution is 2.37. The summed E-state index contributed by atoms with van der Waals surface area (Å²) < 4.78 is 40.9. The fourth-order valence-electron chi connectivity index (χ4n) is 3.36. The van der Waals surface area contributed by atoms with Gasteiger partial charge in [-0.25, -0.2) is 4.98 Å². The third-order valence-electron chi connectivity index (χ3n) is 5.00. The van der Waals surface area contributed by atoms with Gasteiger partial charge in [0.25, 0.3) is 0 Å². The van der Waals surface area contributed by atoms with Gasteiger partial charge in [-0.05, 0) is 48.2 Å². The molecule has 0 radical (unpaired) electrons. The predicted molar refractivity (Wildman–Crippen MR) is 119 cm³/mol. The summed E-state index contributed by atoms with van der Waals surface area (Å²) in [6.07, 6.45) is 0.224. The Kier molecular flexibility index (Phi) is 7.15. The van der Waals surface area contributed by atoms with Gasteiger partial charge >= 0.3 is 6.18 Å². The maximum atomic E-state index is 13.6. The number of hydrogen-bond donors (Lipinski definition) is 1. The fraction of sp³-hybridized carbons (Fsp3) is 0.333. The molecule has 0 amide bonds. The predicted octanol–water partition coefficient (Wildman–Crippen LogP) is 6.91. The Morgan fingerprint density at radius 3 is 1.94 bits per heavy atom. The van der Waals surface area contributed by atoms with Gasteiger partial charge in [-0.1, -0.05) is 51.0 Å². The Balaban J connectivity index is 1.91. The molecule has 0 bridgehead atoms. The topological polar surface area (TPSA) is 41.1 Å². The number of aromatic nitrogens is 2. The van der Waals surface area contributed by atoms with E-state index in [4.69, 9.17) is 0 Å². The van der Waals surface area contributed by atoms with Crippen molar-refractivity contribution in [1.29, 1.82) is 0 Å². The molecule has 0 aliphatic heterocycles. The lowest BCUT2D eigenvalue weighted by molar-refractivity contribution is -0.137. The van der Waals surface area contributed by atoms with Gasteiger partial charge in [0.15, 0.2) is 5.82 Å². The summed E-state index contributed by atoms with van der Waals surface area (Å²) in [7, 11) is 1.58. The highest BCUT2D eigenvalue weighted by molar-refractivity contribution is 5.65. The van der Waals surface area contributed by atoms with Crippen molar-refractivity contribution in [3.05, 3.63) is 71.4 Å². The summed E-state index contributed by atoms with van der Waals surface area (Å²) in [5, 5.41) is 3.01. The van der Waals surface area contributed by atoms with E-state index in [0.29, 0.717) is 5.69 Å². The summed E-state index contributed by atoms with van der Waals surface area (Å²) in [4.78, 5) is 9.56. The number of benzene rings is 2. The molecule has 1 N–H and O–H groups in total. The molecule has 164 valence electrons. The third kappa shape index (κ3) is 5.75. The molecule has 1 heterocycles. The summed E-state index contributed by atoms with van der Waals surface area (Å²) in [6.45, 7) is 4.19. The van der Waals surface area contributed by atoms with Gasteiger partial charge in [-0.2, -0.15) is 18.2 Å². The van der Waals surface area contributed by atoms with E-state index in [1.54, 1.807) is 7.05 Å². The maximum Gasteiger partial charge on any atom is 0.421 e. The monoisotopic (exact) mass is 428 g/mol. The second-order valence-electron chi connectivity index (χ2n) is 7.48. The van der Waals surface area contributed by atoms with Crippen molar-refractivity contribution in [3.8, 4) is 0 Å². The number of halogens is 3. The molecular formula is C24H27F3N4. The minimum atomic E-state index is -4.56. The van der Waals surface area contributed by atoms with Crippen LogP contribution in [0.25, 0.3) is 0 Å². The van der Waals surface area contributed by atoms with Crippen LogP contribution < -0.4 is 10.2 Å². The summed E-state index contributed by atoms with van der Waals surface area (Å²) in [5.41, 5.74) is 2.81. The lowest BCUT2D eigenvalue weighted by Crippen LogP contribution is -2.19. The number of rotatable bonds is 8. The normalized spacial score (nSPS) is 11.4. The van der Waals surface area contributed by atoms with Gasteiger partial charge in [0.1, 0.15) is 5.56 Å². The van der Waals surface area contributed by atoms with Crippen LogP contribution in [-0.2, 0) is 19.0 Å². The molecule has 2 aromatic carbocycles. The van der Waals surface area contributed by atoms with Crippen LogP contribution >= 0.6 is 0 Å². The Hall–Kier alpha value is -3.09. The van der Waals surface area contributed by atoms with Gasteiger partial charge in [0, 0.05) is 24.6 Å². The van der Waals surface area contributed by atoms with Gasteiger partial charge in [-0.3, -0.25) is 0 Å². The van der Waals surface area contributed by atoms with E-state index in [1.807, 2.05) is 48.5 Å². The standard InChI is InChI=1S/C24H27F3N4/c1-4-6-17-8-12-19(13-9-17)29-23-28-16-21(24(25,26)27)22(30-23)31(3)20-14-10-18(7-5-2)11-15-20/h8-16H,4-7H2,1-3H3,(H,28,29,30). The first kappa shape index (κ1) is 22.6. The van der Waals surface area contributed by atoms with E-state index in [-0.39, 0.29) is 11.8 Å². The van der Waals surface area contributed by atoms with E-state index >= 15 is 0 Å². The second kappa shape index (κ2) is 9.81. The number of hydrogen-bond acceptors (Lipinski definition) is 4. The first-order chi connectivity index (χ1) is 14.8. The number of nitrogens with one attached hydrogen (secondary N) is 1. The van der Waals surface area contributed by atoms with Crippen molar-refractivity contribution in [2.75, 3.05) is 17.3 Å². The molecule has 0 spiro atoms. The number of nitrogens with zero attached hydrogens (tertiary/aromatic N) is 3. The van der Waals surface area contributed by atoms with Crippen molar-refractivity contribution in [2.24, 2.45) is 0 Å². The van der Waals surface area contributed by atoms with Crippen LogP contribution in [0.5, 0.6) is 0 Å². The lowest BCUT2D eigenvalue weighted by atomic mass is 10.1. The highest BCUT2D eigenvalue weighted by Gasteiger charge is 2.36. The molecule has 0 saturated carbocycles. The van der Waals surface area contributed by atoms with E-state index in [0.717, 1.165) is 43.1 Å². The highest BCUT2D eigenvalue weighted by atomic mass is 19.4. The Bertz CT molecular complexity index is 983. The third-order valence-corrected chi connectivity index (χ3v) is 5.00. The van der Waals surface area contributed by atoms with Crippen LogP contribution in [0.2, 0.25) is 0 Å². The number of anilines is 4. The molecule has 0 fully saturated rings. The summed E-state index contributed by atoms with van der Waals surface area (Å²) in [6, 6.07) is 15.2. The molecule has 1 aromatic heterocycles. The van der Waals surface area contributed by atoms with E-state index in [1.165, 1.54) is 10.5 Å². The van der Waals surface area contributed by atoms with E-state index in [2.05, 4.69) is 29.1 Å². The molecule has 0 aliphatic carbocycles. The van der Waals surface area contributed by atoms with E-state index < -0.39 is 11.7 Å². The molecule has 4 nitrogen and oxygen atoms in total. The molecule has 0 atom stereocenters. The molecule has 0 aliphatic rings. The number of aryl methyl sites for hydroxylation is 2. The minimum Gasteiger partial charge on any atom is -0.329 e. The fourth-order valence-corrected chi connectivity index (χ4v) is 3.36. The maximum absolute atomic E-state index is 13.6. The zero-order chi connectivity index (χ0) is 22.4. The zero-order valence-electron chi connectivity index (χ0n) is 18.0. The largest absolute Gasteiger partial charge is 0.421 e. The van der Waals surface area contributed by atoms with Crippen LogP contribution in [0, 0.1) is 0 Å². The minimum absolute atomic E-state index is 0.112. The van der Waals surface area contributed by atoms with Crippen molar-refractivity contribution < 1.29 is 13.2 Å². The second-order valence-corrected chi connectivity index (χ2v) is 7.48. The lowest BCUT2D eigenvalue weighted by Gasteiger charge is -2.23. The molecular weight excluding hydrogens is 401 g/mol. The summed E-state index contributed by atoms with van der Waals surface area (Å²) >= 11 is 0. The summed E-state index contributed by atoms with van der Waals surface area (Å²) in [5.74, 6) is -0.0865. The smallest absolute Gasteiger partial charge is 0.329 e. The Morgan fingerprint density at radius 1 is 0.871 bits per heavy atom. The van der Waals surface area contributed by atoms with Gasteiger partial charge in [0.2, 0.25) is 5.95 Å². The van der Waals surface area contributed by atoms with Crippen LogP contribution in [0.3, 0.4) is 0 Å². The van der Waals surface area contributed by atoms with Gasteiger partial charge in [0.05, 0.1) is 0 Å². The first-order valence-electron chi connectivity index (χ1n) is 10.4. The zero-order valence-corrected chi connectivity index (χ0v) is 18.0. The van der Waals surface area contributed by atoms with E-state index in [9.17, 15) is 13.2 Å². The molecule has 31 heavy (non-hydrogen) atoms. The number of alkyl halides is 3. The average Bonchev–Trinajstić information content (AvgIpc) is 2.75. The van der Waals surface area contributed by atoms with Crippen molar-refractivity contribution >= 4 is 23.1 Å². The van der Waals surface area contributed by atoms with Crippen molar-refractivity contribution in [1.82, 2.24) is 9.97 Å². The molecule has 3 aromatic rings. The molecule has 3 rings (SSSR count).